The van der Waals surface area contributed by atoms with Crippen molar-refractivity contribution in [3.05, 3.63) is 63.8 Å². The lowest BCUT2D eigenvalue weighted by atomic mass is 9.96. The highest BCUT2D eigenvalue weighted by molar-refractivity contribution is 7.17. The van der Waals surface area contributed by atoms with E-state index in [2.05, 4.69) is 34.6 Å². The van der Waals surface area contributed by atoms with E-state index in [9.17, 15) is 9.90 Å². The number of benzene rings is 2. The van der Waals surface area contributed by atoms with Crippen LogP contribution in [0.1, 0.15) is 31.2 Å². The number of aromatic amines is 1. The summed E-state index contributed by atoms with van der Waals surface area (Å²) in [6.07, 6.45) is 6.31. The highest BCUT2D eigenvalue weighted by Crippen LogP contribution is 2.39. The number of aromatic nitrogens is 1. The maximum atomic E-state index is 12.3. The predicted molar refractivity (Wildman–Crippen MR) is 121 cm³/mol. The standard InChI is InChI=1S/C24H24N2O2S/c27-20-10-9-19-22(18-12-14-29-23(18)24(28)26-19)21(20)16-7-5-15(6-8-16)11-13-25-17-3-1-2-4-17/h5-10,12,14,17,25,27H,1-4,11,13H2,(H,26,28). The fourth-order valence-electron chi connectivity index (χ4n) is 4.52. The van der Waals surface area contributed by atoms with Crippen molar-refractivity contribution < 1.29 is 5.11 Å². The number of hydrogen-bond acceptors (Lipinski definition) is 4. The number of aromatic hydroxyl groups is 1. The van der Waals surface area contributed by atoms with Gasteiger partial charge in [-0.05, 0) is 60.5 Å². The van der Waals surface area contributed by atoms with E-state index in [4.69, 9.17) is 0 Å². The van der Waals surface area contributed by atoms with Gasteiger partial charge >= 0.3 is 0 Å². The Hall–Kier alpha value is -2.63. The summed E-state index contributed by atoms with van der Waals surface area (Å²) in [6.45, 7) is 1.00. The van der Waals surface area contributed by atoms with Crippen molar-refractivity contribution in [2.75, 3.05) is 6.54 Å². The number of hydrogen-bond donors (Lipinski definition) is 3. The van der Waals surface area contributed by atoms with Crippen LogP contribution in [0.3, 0.4) is 0 Å². The van der Waals surface area contributed by atoms with Crippen LogP contribution in [0.2, 0.25) is 0 Å². The Morgan fingerprint density at radius 1 is 1.07 bits per heavy atom. The molecule has 0 unspecified atom stereocenters. The van der Waals surface area contributed by atoms with Crippen LogP contribution in [0.4, 0.5) is 0 Å². The Labute approximate surface area is 173 Å². The molecule has 1 aliphatic rings. The average molecular weight is 405 g/mol. The summed E-state index contributed by atoms with van der Waals surface area (Å²) in [7, 11) is 0. The molecule has 0 spiro atoms. The van der Waals surface area contributed by atoms with Crippen LogP contribution in [-0.4, -0.2) is 22.7 Å². The average Bonchev–Trinajstić information content (AvgIpc) is 3.42. The van der Waals surface area contributed by atoms with Crippen molar-refractivity contribution in [1.29, 1.82) is 0 Å². The van der Waals surface area contributed by atoms with Crippen LogP contribution in [0.15, 0.2) is 52.6 Å². The summed E-state index contributed by atoms with van der Waals surface area (Å²) in [5.74, 6) is 0.229. The summed E-state index contributed by atoms with van der Waals surface area (Å²) in [5, 5.41) is 18.0. The number of nitrogens with one attached hydrogen (secondary N) is 2. The van der Waals surface area contributed by atoms with Crippen LogP contribution in [0.25, 0.3) is 32.1 Å². The third-order valence-electron chi connectivity index (χ3n) is 6.02. The zero-order valence-electron chi connectivity index (χ0n) is 16.2. The second-order valence-electron chi connectivity index (χ2n) is 7.88. The first kappa shape index (κ1) is 18.4. The van der Waals surface area contributed by atoms with Crippen LogP contribution in [0.5, 0.6) is 5.75 Å². The Bertz CT molecular complexity index is 1220. The number of rotatable bonds is 5. The molecule has 0 saturated heterocycles. The van der Waals surface area contributed by atoms with Gasteiger partial charge in [-0.1, -0.05) is 37.1 Å². The normalized spacial score (nSPS) is 14.9. The lowest BCUT2D eigenvalue weighted by molar-refractivity contribution is 0.478. The number of phenolic OH excluding ortho intramolecular Hbond substituents is 1. The molecule has 2 heterocycles. The molecule has 4 aromatic rings. The van der Waals surface area contributed by atoms with Gasteiger partial charge in [0.2, 0.25) is 0 Å². The third-order valence-corrected chi connectivity index (χ3v) is 6.93. The molecule has 0 radical (unpaired) electrons. The first-order valence-electron chi connectivity index (χ1n) is 10.3. The molecular formula is C24H24N2O2S. The van der Waals surface area contributed by atoms with Gasteiger partial charge in [0.25, 0.3) is 5.56 Å². The number of H-pyrrole nitrogens is 1. The van der Waals surface area contributed by atoms with Crippen LogP contribution in [0, 0.1) is 0 Å². The first-order chi connectivity index (χ1) is 14.2. The molecule has 0 atom stereocenters. The predicted octanol–water partition coefficient (Wildman–Crippen LogP) is 5.19. The molecule has 3 N–H and O–H groups in total. The third kappa shape index (κ3) is 3.45. The van der Waals surface area contributed by atoms with Gasteiger partial charge in [0.15, 0.2) is 0 Å². The molecule has 0 aliphatic heterocycles. The molecule has 29 heavy (non-hydrogen) atoms. The maximum absolute atomic E-state index is 12.3. The summed E-state index contributed by atoms with van der Waals surface area (Å²) in [4.78, 5) is 15.3. The molecule has 0 amide bonds. The molecule has 5 rings (SSSR count). The maximum Gasteiger partial charge on any atom is 0.266 e. The molecular weight excluding hydrogens is 380 g/mol. The zero-order chi connectivity index (χ0) is 19.8. The second-order valence-corrected chi connectivity index (χ2v) is 8.80. The van der Waals surface area contributed by atoms with E-state index in [1.54, 1.807) is 12.1 Å². The van der Waals surface area contributed by atoms with E-state index >= 15 is 0 Å². The van der Waals surface area contributed by atoms with Crippen LogP contribution >= 0.6 is 11.3 Å². The van der Waals surface area contributed by atoms with E-state index in [-0.39, 0.29) is 11.3 Å². The van der Waals surface area contributed by atoms with Gasteiger partial charge in [-0.25, -0.2) is 0 Å². The van der Waals surface area contributed by atoms with Gasteiger partial charge in [-0.3, -0.25) is 4.79 Å². The van der Waals surface area contributed by atoms with Gasteiger partial charge < -0.3 is 15.4 Å². The monoisotopic (exact) mass is 404 g/mol. The molecule has 148 valence electrons. The minimum Gasteiger partial charge on any atom is -0.507 e. The van der Waals surface area contributed by atoms with Gasteiger partial charge in [0.05, 0.1) is 0 Å². The van der Waals surface area contributed by atoms with Crippen LogP contribution < -0.4 is 10.9 Å². The summed E-state index contributed by atoms with van der Waals surface area (Å²) < 4.78 is 0.693. The largest absolute Gasteiger partial charge is 0.507 e. The number of pyridine rings is 1. The van der Waals surface area contributed by atoms with Crippen LogP contribution in [-0.2, 0) is 6.42 Å². The smallest absolute Gasteiger partial charge is 0.266 e. The molecule has 5 heteroatoms. The topological polar surface area (TPSA) is 65.1 Å². The van der Waals surface area contributed by atoms with E-state index < -0.39 is 0 Å². The highest BCUT2D eigenvalue weighted by Gasteiger charge is 2.16. The fourth-order valence-corrected chi connectivity index (χ4v) is 5.31. The summed E-state index contributed by atoms with van der Waals surface area (Å²) in [6, 6.07) is 14.5. The van der Waals surface area contributed by atoms with Gasteiger partial charge in [-0.2, -0.15) is 0 Å². The van der Waals surface area contributed by atoms with E-state index in [0.717, 1.165) is 40.4 Å². The van der Waals surface area contributed by atoms with Gasteiger partial charge in [-0.15, -0.1) is 11.3 Å². The zero-order valence-corrected chi connectivity index (χ0v) is 17.0. The summed E-state index contributed by atoms with van der Waals surface area (Å²) in [5.41, 5.74) is 3.69. The molecule has 1 saturated carbocycles. The molecule has 4 nitrogen and oxygen atoms in total. The summed E-state index contributed by atoms with van der Waals surface area (Å²) >= 11 is 1.43. The van der Waals surface area contributed by atoms with Gasteiger partial charge in [0.1, 0.15) is 10.4 Å². The Morgan fingerprint density at radius 2 is 1.86 bits per heavy atom. The van der Waals surface area contributed by atoms with Crippen molar-refractivity contribution in [2.45, 2.75) is 38.1 Å². The lowest BCUT2D eigenvalue weighted by Crippen LogP contribution is -2.27. The Balaban J connectivity index is 1.48. The van der Waals surface area contributed by atoms with Crippen molar-refractivity contribution in [3.8, 4) is 16.9 Å². The molecule has 1 aliphatic carbocycles. The van der Waals surface area contributed by atoms with Crippen molar-refractivity contribution in [3.63, 3.8) is 0 Å². The molecule has 0 bridgehead atoms. The molecule has 2 aromatic carbocycles. The number of thiophene rings is 1. The van der Waals surface area contributed by atoms with Crippen molar-refractivity contribution in [1.82, 2.24) is 10.3 Å². The fraction of sp³-hybridized carbons (Fsp3) is 0.292. The quantitative estimate of drug-likeness (QED) is 0.429. The Morgan fingerprint density at radius 3 is 2.66 bits per heavy atom. The van der Waals surface area contributed by atoms with E-state index in [1.165, 1.54) is 42.6 Å². The van der Waals surface area contributed by atoms with Crippen molar-refractivity contribution in [2.24, 2.45) is 0 Å². The Kier molecular flexibility index (Phi) is 4.86. The van der Waals surface area contributed by atoms with Gasteiger partial charge in [0, 0.05) is 27.9 Å². The number of phenols is 1. The lowest BCUT2D eigenvalue weighted by Gasteiger charge is -2.13. The first-order valence-corrected chi connectivity index (χ1v) is 11.2. The van der Waals surface area contributed by atoms with Crippen molar-refractivity contribution >= 4 is 32.3 Å². The molecule has 2 aromatic heterocycles. The van der Waals surface area contributed by atoms with E-state index in [0.29, 0.717) is 10.7 Å². The molecule has 1 fully saturated rings. The SMILES string of the molecule is O=c1[nH]c2ccc(O)c(-c3ccc(CCNC4CCCC4)cc3)c2c2ccsc12. The second kappa shape index (κ2) is 7.65. The number of fused-ring (bicyclic) bond motifs is 3. The minimum atomic E-state index is -0.0794. The minimum absolute atomic E-state index is 0.0794. The highest BCUT2D eigenvalue weighted by atomic mass is 32.1. The van der Waals surface area contributed by atoms with E-state index in [1.807, 2.05) is 11.4 Å².